The molecule has 1 heterocycles. The molecule has 2 rings (SSSR count). The van der Waals surface area contributed by atoms with E-state index >= 15 is 0 Å². The summed E-state index contributed by atoms with van der Waals surface area (Å²) in [6, 6.07) is 8.30. The first-order chi connectivity index (χ1) is 12.9. The maximum Gasteiger partial charge on any atom is 0.407 e. The highest BCUT2D eigenvalue weighted by molar-refractivity contribution is 14.0. The fourth-order valence-electron chi connectivity index (χ4n) is 2.67. The molecule has 4 N–H and O–H groups in total. The van der Waals surface area contributed by atoms with Crippen LogP contribution in [0.5, 0.6) is 0 Å². The van der Waals surface area contributed by atoms with Gasteiger partial charge in [-0.05, 0) is 45.2 Å². The van der Waals surface area contributed by atoms with E-state index in [9.17, 15) is 4.79 Å². The van der Waals surface area contributed by atoms with E-state index < -0.39 is 5.60 Å². The van der Waals surface area contributed by atoms with E-state index in [0.717, 1.165) is 30.9 Å². The van der Waals surface area contributed by atoms with E-state index in [1.165, 1.54) is 10.9 Å². The number of halogens is 1. The second kappa shape index (κ2) is 11.8. The Hall–Kier alpha value is -1.97. The number of hydrogen-bond donors (Lipinski definition) is 4. The van der Waals surface area contributed by atoms with Crippen molar-refractivity contribution in [2.45, 2.75) is 39.2 Å². The highest BCUT2D eigenvalue weighted by Crippen LogP contribution is 2.17. The summed E-state index contributed by atoms with van der Waals surface area (Å²) in [5.74, 6) is 0.757. The minimum atomic E-state index is -0.473. The number of aromatic nitrogens is 1. The number of amides is 1. The molecule has 0 aliphatic heterocycles. The van der Waals surface area contributed by atoms with Gasteiger partial charge in [-0.2, -0.15) is 0 Å². The predicted molar refractivity (Wildman–Crippen MR) is 126 cm³/mol. The number of para-hydroxylation sites is 1. The number of carbonyl (C=O) groups excluding carboxylic acids is 1. The standard InChI is InChI=1S/C20H31N5O2.HI/c1-20(2,3)27-19(26)24-12-7-11-22-18(21-4)23-13-10-15-14-25-17-9-6-5-8-16(15)17;/h5-6,8-9,14,25H,7,10-13H2,1-4H3,(H,24,26)(H2,21,22,23);1H. The van der Waals surface area contributed by atoms with Crippen LogP contribution in [0, 0.1) is 0 Å². The lowest BCUT2D eigenvalue weighted by Crippen LogP contribution is -2.40. The molecule has 8 heteroatoms. The van der Waals surface area contributed by atoms with Gasteiger partial charge < -0.3 is 25.7 Å². The molecule has 0 saturated heterocycles. The lowest BCUT2D eigenvalue weighted by Gasteiger charge is -2.19. The van der Waals surface area contributed by atoms with Gasteiger partial charge in [-0.3, -0.25) is 4.99 Å². The third-order valence-electron chi connectivity index (χ3n) is 3.90. The number of ether oxygens (including phenoxy) is 1. The molecule has 1 aromatic heterocycles. The van der Waals surface area contributed by atoms with Crippen molar-refractivity contribution >= 4 is 46.9 Å². The van der Waals surface area contributed by atoms with Crippen LogP contribution in [0.15, 0.2) is 35.5 Å². The zero-order valence-corrected chi connectivity index (χ0v) is 19.4. The van der Waals surface area contributed by atoms with Crippen molar-refractivity contribution in [3.63, 3.8) is 0 Å². The minimum Gasteiger partial charge on any atom is -0.444 e. The molecule has 1 aromatic carbocycles. The SMILES string of the molecule is CN=C(NCCCNC(=O)OC(C)(C)C)NCCc1c[nH]c2ccccc12.I. The van der Waals surface area contributed by atoms with Crippen LogP contribution in [0.2, 0.25) is 0 Å². The molecule has 156 valence electrons. The first-order valence-corrected chi connectivity index (χ1v) is 9.35. The highest BCUT2D eigenvalue weighted by atomic mass is 127. The van der Waals surface area contributed by atoms with E-state index in [4.69, 9.17) is 4.74 Å². The molecule has 2 aromatic rings. The zero-order chi connectivity index (χ0) is 19.7. The van der Waals surface area contributed by atoms with E-state index in [1.807, 2.05) is 26.8 Å². The molecule has 0 fully saturated rings. The molecule has 1 amide bonds. The second-order valence-electron chi connectivity index (χ2n) is 7.32. The predicted octanol–water partition coefficient (Wildman–Crippen LogP) is 3.41. The Balaban J connectivity index is 0.00000392. The zero-order valence-electron chi connectivity index (χ0n) is 17.1. The monoisotopic (exact) mass is 501 g/mol. The third kappa shape index (κ3) is 8.37. The normalized spacial score (nSPS) is 11.6. The molecule has 0 spiro atoms. The fraction of sp³-hybridized carbons (Fsp3) is 0.500. The smallest absolute Gasteiger partial charge is 0.407 e. The minimum absolute atomic E-state index is 0. The number of guanidine groups is 1. The van der Waals surface area contributed by atoms with Crippen molar-refractivity contribution in [1.82, 2.24) is 20.9 Å². The van der Waals surface area contributed by atoms with Gasteiger partial charge in [0.15, 0.2) is 5.96 Å². The Kier molecular flexibility index (Phi) is 10.1. The van der Waals surface area contributed by atoms with Gasteiger partial charge in [0.25, 0.3) is 0 Å². The van der Waals surface area contributed by atoms with Crippen molar-refractivity contribution in [2.24, 2.45) is 4.99 Å². The van der Waals surface area contributed by atoms with Crippen LogP contribution >= 0.6 is 24.0 Å². The summed E-state index contributed by atoms with van der Waals surface area (Å²) in [5.41, 5.74) is 1.97. The van der Waals surface area contributed by atoms with Crippen molar-refractivity contribution in [3.8, 4) is 0 Å². The molecule has 0 aliphatic rings. The van der Waals surface area contributed by atoms with E-state index in [-0.39, 0.29) is 30.1 Å². The maximum atomic E-state index is 11.6. The summed E-state index contributed by atoms with van der Waals surface area (Å²) in [5, 5.41) is 10.6. The first kappa shape index (κ1) is 24.1. The van der Waals surface area contributed by atoms with Crippen LogP contribution in [-0.2, 0) is 11.2 Å². The van der Waals surface area contributed by atoms with Gasteiger partial charge in [-0.15, -0.1) is 24.0 Å². The van der Waals surface area contributed by atoms with Crippen LogP contribution in [0.4, 0.5) is 4.79 Å². The van der Waals surface area contributed by atoms with Gasteiger partial charge in [0.05, 0.1) is 0 Å². The van der Waals surface area contributed by atoms with Gasteiger partial charge in [0, 0.05) is 43.8 Å². The van der Waals surface area contributed by atoms with Gasteiger partial charge in [0.2, 0.25) is 0 Å². The van der Waals surface area contributed by atoms with Crippen molar-refractivity contribution in [3.05, 3.63) is 36.0 Å². The lowest BCUT2D eigenvalue weighted by molar-refractivity contribution is 0.0527. The van der Waals surface area contributed by atoms with Crippen molar-refractivity contribution in [1.29, 1.82) is 0 Å². The number of carbonyl (C=O) groups is 1. The van der Waals surface area contributed by atoms with Crippen molar-refractivity contribution < 1.29 is 9.53 Å². The average molecular weight is 501 g/mol. The quantitative estimate of drug-likeness (QED) is 0.203. The van der Waals surface area contributed by atoms with E-state index in [1.54, 1.807) is 7.05 Å². The maximum absolute atomic E-state index is 11.6. The van der Waals surface area contributed by atoms with Crippen LogP contribution in [-0.4, -0.2) is 49.3 Å². The van der Waals surface area contributed by atoms with Crippen LogP contribution in [0.3, 0.4) is 0 Å². The average Bonchev–Trinajstić information content (AvgIpc) is 3.01. The number of aliphatic imine (C=N–C) groups is 1. The number of nitrogens with zero attached hydrogens (tertiary/aromatic N) is 1. The number of aromatic amines is 1. The Bertz CT molecular complexity index is 767. The molecule has 0 saturated carbocycles. The summed E-state index contributed by atoms with van der Waals surface area (Å²) in [6.45, 7) is 7.59. The topological polar surface area (TPSA) is 90.5 Å². The molecule has 0 atom stereocenters. The first-order valence-electron chi connectivity index (χ1n) is 9.35. The van der Waals surface area contributed by atoms with Crippen molar-refractivity contribution in [2.75, 3.05) is 26.7 Å². The number of alkyl carbamates (subject to hydrolysis) is 1. The molecular formula is C20H32IN5O2. The molecule has 7 nitrogen and oxygen atoms in total. The number of fused-ring (bicyclic) bond motifs is 1. The molecule has 0 unspecified atom stereocenters. The number of hydrogen-bond acceptors (Lipinski definition) is 3. The molecular weight excluding hydrogens is 469 g/mol. The second-order valence-corrected chi connectivity index (χ2v) is 7.32. The highest BCUT2D eigenvalue weighted by Gasteiger charge is 2.15. The number of rotatable bonds is 7. The number of H-pyrrole nitrogens is 1. The summed E-state index contributed by atoms with van der Waals surface area (Å²) < 4.78 is 5.20. The molecule has 0 aliphatic carbocycles. The largest absolute Gasteiger partial charge is 0.444 e. The Labute approximate surface area is 184 Å². The number of nitrogens with one attached hydrogen (secondary N) is 4. The summed E-state index contributed by atoms with van der Waals surface area (Å²) >= 11 is 0. The Morgan fingerprint density at radius 1 is 1.11 bits per heavy atom. The van der Waals surface area contributed by atoms with E-state index in [0.29, 0.717) is 13.1 Å². The summed E-state index contributed by atoms with van der Waals surface area (Å²) in [6.07, 6.45) is 3.36. The van der Waals surface area contributed by atoms with Gasteiger partial charge >= 0.3 is 6.09 Å². The third-order valence-corrected chi connectivity index (χ3v) is 3.90. The van der Waals surface area contributed by atoms with Crippen LogP contribution in [0.1, 0.15) is 32.8 Å². The van der Waals surface area contributed by atoms with Gasteiger partial charge in [-0.1, -0.05) is 18.2 Å². The summed E-state index contributed by atoms with van der Waals surface area (Å²) in [7, 11) is 1.75. The van der Waals surface area contributed by atoms with Gasteiger partial charge in [0.1, 0.15) is 5.60 Å². The molecule has 0 radical (unpaired) electrons. The van der Waals surface area contributed by atoms with Crippen LogP contribution in [0.25, 0.3) is 10.9 Å². The summed E-state index contributed by atoms with van der Waals surface area (Å²) in [4.78, 5) is 19.1. The lowest BCUT2D eigenvalue weighted by atomic mass is 10.1. The van der Waals surface area contributed by atoms with E-state index in [2.05, 4.69) is 50.3 Å². The molecule has 28 heavy (non-hydrogen) atoms. The number of benzene rings is 1. The Morgan fingerprint density at radius 2 is 1.79 bits per heavy atom. The molecule has 0 bridgehead atoms. The Morgan fingerprint density at radius 3 is 2.50 bits per heavy atom. The van der Waals surface area contributed by atoms with Gasteiger partial charge in [-0.25, -0.2) is 4.79 Å². The fourth-order valence-corrected chi connectivity index (χ4v) is 2.67. The van der Waals surface area contributed by atoms with Crippen LogP contribution < -0.4 is 16.0 Å².